The molecule has 5 rings (SSSR count). The third kappa shape index (κ3) is 3.79. The number of ether oxygens (including phenoxy) is 1. The number of primary amides is 1. The van der Waals surface area contributed by atoms with E-state index < -0.39 is 5.91 Å². The summed E-state index contributed by atoms with van der Waals surface area (Å²) in [5.41, 5.74) is 13.6. The first kappa shape index (κ1) is 19.7. The second-order valence-corrected chi connectivity index (χ2v) is 8.17. The van der Waals surface area contributed by atoms with E-state index in [0.717, 1.165) is 42.3 Å². The molecule has 6 N–H and O–H groups in total. The Morgan fingerprint density at radius 2 is 2.00 bits per heavy atom. The fourth-order valence-corrected chi connectivity index (χ4v) is 4.27. The molecule has 1 aromatic carbocycles. The summed E-state index contributed by atoms with van der Waals surface area (Å²) in [5, 5.41) is 15.6. The Hall–Kier alpha value is -3.24. The molecule has 10 heteroatoms. The lowest BCUT2D eigenvalue weighted by Crippen LogP contribution is -2.43. The summed E-state index contributed by atoms with van der Waals surface area (Å²) in [4.78, 5) is 16.5. The van der Waals surface area contributed by atoms with Crippen LogP contribution in [0.3, 0.4) is 0 Å². The van der Waals surface area contributed by atoms with Gasteiger partial charge in [0.1, 0.15) is 0 Å². The molecule has 0 radical (unpaired) electrons. The summed E-state index contributed by atoms with van der Waals surface area (Å²) in [5.74, 6) is -0.104. The molecule has 31 heavy (non-hydrogen) atoms. The number of fused-ring (bicyclic) bond motifs is 1. The third-order valence-corrected chi connectivity index (χ3v) is 6.08. The second-order valence-electron chi connectivity index (χ2n) is 8.17. The first-order chi connectivity index (χ1) is 15.1. The molecule has 3 heterocycles. The Morgan fingerprint density at radius 1 is 1.16 bits per heavy atom. The van der Waals surface area contributed by atoms with Gasteiger partial charge < -0.3 is 31.4 Å². The first-order valence-corrected chi connectivity index (χ1v) is 10.6. The molecule has 2 aromatic heterocycles. The molecule has 1 aliphatic heterocycles. The van der Waals surface area contributed by atoms with Crippen LogP contribution < -0.4 is 22.1 Å². The van der Waals surface area contributed by atoms with Gasteiger partial charge in [0.2, 0.25) is 5.95 Å². The van der Waals surface area contributed by atoms with Crippen molar-refractivity contribution >= 4 is 34.3 Å². The van der Waals surface area contributed by atoms with E-state index in [-0.39, 0.29) is 23.6 Å². The van der Waals surface area contributed by atoms with Gasteiger partial charge in [-0.25, -0.2) is 0 Å². The number of amides is 1. The molecule has 1 aliphatic carbocycles. The number of nitrogens with one attached hydrogen (secondary N) is 2. The molecule has 0 spiro atoms. The van der Waals surface area contributed by atoms with E-state index in [0.29, 0.717) is 25.2 Å². The number of hydrogen-bond acceptors (Lipinski definition) is 8. The Kier molecular flexibility index (Phi) is 5.16. The van der Waals surface area contributed by atoms with Crippen LogP contribution in [0.2, 0.25) is 0 Å². The average Bonchev–Trinajstić information content (AvgIpc) is 3.13. The highest BCUT2D eigenvalue weighted by Crippen LogP contribution is 2.31. The zero-order valence-electron chi connectivity index (χ0n) is 17.1. The minimum atomic E-state index is -0.695. The molecule has 0 bridgehead atoms. The Morgan fingerprint density at radius 3 is 2.74 bits per heavy atom. The summed E-state index contributed by atoms with van der Waals surface area (Å²) >= 11 is 0. The largest absolute Gasteiger partial charge is 0.377 e. The van der Waals surface area contributed by atoms with Crippen LogP contribution in [0.15, 0.2) is 30.5 Å². The normalized spacial score (nSPS) is 21.6. The van der Waals surface area contributed by atoms with E-state index in [1.807, 2.05) is 24.4 Å². The Bertz CT molecular complexity index is 1110. The van der Waals surface area contributed by atoms with Crippen LogP contribution in [0.4, 0.5) is 17.5 Å². The number of aromatic nitrogens is 4. The van der Waals surface area contributed by atoms with E-state index >= 15 is 0 Å². The van der Waals surface area contributed by atoms with Crippen molar-refractivity contribution in [2.24, 2.45) is 11.5 Å². The van der Waals surface area contributed by atoms with Gasteiger partial charge in [-0.1, -0.05) is 18.9 Å². The van der Waals surface area contributed by atoms with Crippen LogP contribution in [0, 0.1) is 0 Å². The van der Waals surface area contributed by atoms with Gasteiger partial charge in [0.25, 0.3) is 5.91 Å². The van der Waals surface area contributed by atoms with Crippen molar-refractivity contribution in [3.05, 3.63) is 36.2 Å². The smallest absolute Gasteiger partial charge is 0.273 e. The number of nitrogens with zero attached hydrogens (tertiary/aromatic N) is 4. The maximum Gasteiger partial charge on any atom is 0.273 e. The highest BCUT2D eigenvalue weighted by molar-refractivity contribution is 5.99. The minimum absolute atomic E-state index is 0.0117. The van der Waals surface area contributed by atoms with Crippen LogP contribution in [0.25, 0.3) is 10.9 Å². The summed E-state index contributed by atoms with van der Waals surface area (Å²) in [6.07, 6.45) is 6.19. The van der Waals surface area contributed by atoms with Gasteiger partial charge in [0, 0.05) is 29.4 Å². The van der Waals surface area contributed by atoms with Crippen molar-refractivity contribution in [1.29, 1.82) is 0 Å². The summed E-state index contributed by atoms with van der Waals surface area (Å²) < 4.78 is 7.53. The molecule has 10 nitrogen and oxygen atoms in total. The average molecular weight is 422 g/mol. The van der Waals surface area contributed by atoms with Crippen LogP contribution >= 0.6 is 0 Å². The molecular weight excluding hydrogens is 396 g/mol. The Labute approximate surface area is 179 Å². The molecule has 2 atom stereocenters. The standard InChI is InChI=1S/C21H26N8O2/c22-14-4-1-2-5-16(14)25-21-26-20(18(19(23)30)27-28-21)24-15-6-3-7-17-13(15)8-9-29(17)12-10-31-11-12/h3,6-9,12,14,16H,1-2,4-5,10-11,22H2,(H2,23,30)(H2,24,25,26,28)/t14-,16+/m0/s1. The van der Waals surface area contributed by atoms with Gasteiger partial charge in [-0.2, -0.15) is 4.98 Å². The van der Waals surface area contributed by atoms with Crippen molar-refractivity contribution in [2.75, 3.05) is 23.8 Å². The second kappa shape index (κ2) is 8.12. The lowest BCUT2D eigenvalue weighted by molar-refractivity contribution is -0.0213. The van der Waals surface area contributed by atoms with Crippen LogP contribution in [0.1, 0.15) is 42.2 Å². The van der Waals surface area contributed by atoms with Crippen molar-refractivity contribution in [1.82, 2.24) is 19.7 Å². The van der Waals surface area contributed by atoms with E-state index in [2.05, 4.69) is 36.4 Å². The summed E-state index contributed by atoms with van der Waals surface area (Å²) in [6.45, 7) is 1.42. The van der Waals surface area contributed by atoms with Gasteiger partial charge in [-0.05, 0) is 31.0 Å². The highest BCUT2D eigenvalue weighted by atomic mass is 16.5. The molecule has 3 aromatic rings. The van der Waals surface area contributed by atoms with Gasteiger partial charge in [-0.3, -0.25) is 4.79 Å². The number of carbonyl (C=O) groups is 1. The number of benzene rings is 1. The predicted molar refractivity (Wildman–Crippen MR) is 117 cm³/mol. The van der Waals surface area contributed by atoms with Crippen molar-refractivity contribution < 1.29 is 9.53 Å². The van der Waals surface area contributed by atoms with E-state index in [1.54, 1.807) is 0 Å². The van der Waals surface area contributed by atoms with Gasteiger partial charge in [0.05, 0.1) is 24.8 Å². The third-order valence-electron chi connectivity index (χ3n) is 6.08. The number of anilines is 3. The number of carbonyl (C=O) groups excluding carboxylic acids is 1. The maximum atomic E-state index is 12.0. The van der Waals surface area contributed by atoms with Gasteiger partial charge in [0.15, 0.2) is 11.5 Å². The lowest BCUT2D eigenvalue weighted by atomic mass is 9.91. The molecule has 162 valence electrons. The van der Waals surface area contributed by atoms with Crippen molar-refractivity contribution in [3.63, 3.8) is 0 Å². The summed E-state index contributed by atoms with van der Waals surface area (Å²) in [7, 11) is 0. The van der Waals surface area contributed by atoms with Crippen LogP contribution in [0.5, 0.6) is 0 Å². The zero-order chi connectivity index (χ0) is 21.4. The quantitative estimate of drug-likeness (QED) is 0.471. The number of hydrogen-bond donors (Lipinski definition) is 4. The lowest BCUT2D eigenvalue weighted by Gasteiger charge is -2.29. The Balaban J connectivity index is 1.46. The zero-order valence-corrected chi connectivity index (χ0v) is 17.1. The molecule has 0 unspecified atom stereocenters. The first-order valence-electron chi connectivity index (χ1n) is 10.6. The van der Waals surface area contributed by atoms with E-state index in [9.17, 15) is 4.79 Å². The molecule has 1 saturated carbocycles. The van der Waals surface area contributed by atoms with Crippen LogP contribution in [-0.2, 0) is 4.74 Å². The monoisotopic (exact) mass is 422 g/mol. The molecule has 2 aliphatic rings. The molecule has 1 amide bonds. The number of rotatable bonds is 6. The molecule has 2 fully saturated rings. The van der Waals surface area contributed by atoms with E-state index in [1.165, 1.54) is 0 Å². The van der Waals surface area contributed by atoms with Crippen molar-refractivity contribution in [2.45, 2.75) is 43.8 Å². The predicted octanol–water partition coefficient (Wildman–Crippen LogP) is 1.92. The molecular formula is C21H26N8O2. The maximum absolute atomic E-state index is 12.0. The minimum Gasteiger partial charge on any atom is -0.377 e. The van der Waals surface area contributed by atoms with Crippen LogP contribution in [-0.4, -0.2) is 51.0 Å². The van der Waals surface area contributed by atoms with Gasteiger partial charge >= 0.3 is 0 Å². The highest BCUT2D eigenvalue weighted by Gasteiger charge is 2.24. The summed E-state index contributed by atoms with van der Waals surface area (Å²) in [6, 6.07) is 8.43. The SMILES string of the molecule is NC(=O)c1nnc(N[C@@H]2CCCC[C@@H]2N)nc1Nc1cccc2c1ccn2C1COC1. The van der Waals surface area contributed by atoms with Gasteiger partial charge in [-0.15, -0.1) is 10.2 Å². The number of nitrogens with two attached hydrogens (primary N) is 2. The van der Waals surface area contributed by atoms with E-state index in [4.69, 9.17) is 16.2 Å². The topological polar surface area (TPSA) is 146 Å². The fourth-order valence-electron chi connectivity index (χ4n) is 4.27. The fraction of sp³-hybridized carbons (Fsp3) is 0.429. The molecule has 1 saturated heterocycles. The van der Waals surface area contributed by atoms with Crippen molar-refractivity contribution in [3.8, 4) is 0 Å².